The van der Waals surface area contributed by atoms with Gasteiger partial charge in [-0.3, -0.25) is 19.9 Å². The van der Waals surface area contributed by atoms with Gasteiger partial charge in [-0.25, -0.2) is 0 Å². The van der Waals surface area contributed by atoms with Crippen LogP contribution in [0.3, 0.4) is 0 Å². The molecule has 8 heterocycles. The zero-order valence-corrected chi connectivity index (χ0v) is 56.9. The molecule has 0 spiro atoms. The van der Waals surface area contributed by atoms with Gasteiger partial charge in [-0.1, -0.05) is 218 Å². The fourth-order valence-corrected chi connectivity index (χ4v) is 16.7. The first-order valence-electron chi connectivity index (χ1n) is 35.9. The quantitative estimate of drug-likeness (QED) is 0.132. The van der Waals surface area contributed by atoms with E-state index in [1.54, 1.807) is 0 Å². The van der Waals surface area contributed by atoms with Gasteiger partial charge in [0.05, 0.1) is 22.1 Å². The predicted molar refractivity (Wildman–Crippen MR) is 432 cm³/mol. The lowest BCUT2D eigenvalue weighted by molar-refractivity contribution is 0.464. The summed E-state index contributed by atoms with van der Waals surface area (Å²) in [6.07, 6.45) is 7.76. The molecule has 0 unspecified atom stereocenters. The van der Waals surface area contributed by atoms with Crippen molar-refractivity contribution in [3.05, 3.63) is 340 Å². The van der Waals surface area contributed by atoms with E-state index in [0.29, 0.717) is 0 Å². The Labute approximate surface area is 611 Å². The van der Waals surface area contributed by atoms with Gasteiger partial charge in [0.2, 0.25) is 0 Å². The highest BCUT2D eigenvalue weighted by Gasteiger charge is 2.42. The molecule has 0 radical (unpaired) electrons. The molecular weight excluding hydrogens is 1290 g/mol. The fourth-order valence-electron chi connectivity index (χ4n) is 16.7. The molecule has 22 rings (SSSR count). The molecule has 0 aliphatic carbocycles. The molecule has 0 saturated carbocycles. The average molecular weight is 1350 g/mol. The smallest absolute Gasteiger partial charge is 0.260 e. The van der Waals surface area contributed by atoms with E-state index < -0.39 is 0 Å². The number of ether oxygens (including phenoxy) is 4. The maximum atomic E-state index is 6.70. The largest absolute Gasteiger partial charge is 0.458 e. The molecule has 14 aromatic carbocycles. The van der Waals surface area contributed by atoms with Crippen LogP contribution >= 0.6 is 0 Å². The SMILES string of the molecule is c1cc2c3c(c1)Oc1ccc(-c4ccc(-c5cnc6cccc(-c7ccc8c(-c9ccc(-c%10ccc%11c(c%10)B%10c%12cc(-c%13ccc(-c%14ccnc%15ccccc%14%15)cc%13)ccc%12Oc%12cccc(c%12%10)O%11)cc9)ccnc8c7)c6c5)cc4)cc1B3c1cc(-c3ccc(-c4cnc5ccccc5c4)cc3)ccc1O2. The van der Waals surface area contributed by atoms with Crippen molar-refractivity contribution in [1.82, 2.24) is 19.9 Å². The zero-order valence-electron chi connectivity index (χ0n) is 56.9. The Morgan fingerprint density at radius 2 is 0.547 bits per heavy atom. The van der Waals surface area contributed by atoms with Crippen molar-refractivity contribution >= 4 is 89.8 Å². The lowest BCUT2D eigenvalue weighted by Gasteiger charge is -2.33. The second-order valence-corrected chi connectivity index (χ2v) is 27.9. The van der Waals surface area contributed by atoms with E-state index in [4.69, 9.17) is 33.9 Å². The lowest BCUT2D eigenvalue weighted by atomic mass is 9.34. The number of nitrogens with zero attached hydrogens (tertiary/aromatic N) is 4. The number of aromatic nitrogens is 4. The third-order valence-corrected chi connectivity index (χ3v) is 22.0. The van der Waals surface area contributed by atoms with Crippen LogP contribution in [0.4, 0.5) is 0 Å². The molecule has 0 amide bonds. The molecule has 4 aliphatic heterocycles. The molecule has 106 heavy (non-hydrogen) atoms. The van der Waals surface area contributed by atoms with Gasteiger partial charge in [0.15, 0.2) is 0 Å². The van der Waals surface area contributed by atoms with Crippen molar-refractivity contribution in [1.29, 1.82) is 0 Å². The van der Waals surface area contributed by atoms with Crippen molar-refractivity contribution in [3.8, 4) is 146 Å². The Hall–Kier alpha value is -14.0. The summed E-state index contributed by atoms with van der Waals surface area (Å²) in [6, 6.07) is 112. The van der Waals surface area contributed by atoms with E-state index in [-0.39, 0.29) is 13.4 Å². The van der Waals surface area contributed by atoms with E-state index in [9.17, 15) is 0 Å². The Morgan fingerprint density at radius 3 is 1.04 bits per heavy atom. The highest BCUT2D eigenvalue weighted by Crippen LogP contribution is 2.43. The van der Waals surface area contributed by atoms with Crippen LogP contribution in [0.25, 0.3) is 144 Å². The molecule has 0 fully saturated rings. The van der Waals surface area contributed by atoms with Crippen LogP contribution in [-0.2, 0) is 0 Å². The van der Waals surface area contributed by atoms with Crippen molar-refractivity contribution in [2.45, 2.75) is 0 Å². The molecular formula is C96H56B2N4O4. The second kappa shape index (κ2) is 23.8. The van der Waals surface area contributed by atoms with Gasteiger partial charge in [0.1, 0.15) is 46.0 Å². The monoisotopic (exact) mass is 1350 g/mol. The van der Waals surface area contributed by atoms with Crippen LogP contribution in [0.1, 0.15) is 0 Å². The summed E-state index contributed by atoms with van der Waals surface area (Å²) in [6.45, 7) is -0.205. The molecule has 0 N–H and O–H groups in total. The number of hydrogen-bond donors (Lipinski definition) is 0. The minimum atomic E-state index is -0.103. The van der Waals surface area contributed by atoms with Gasteiger partial charge >= 0.3 is 0 Å². The maximum absolute atomic E-state index is 6.70. The van der Waals surface area contributed by atoms with Crippen molar-refractivity contribution < 1.29 is 18.9 Å². The Bertz CT molecular complexity index is 6690. The molecule has 10 heteroatoms. The number of para-hydroxylation sites is 2. The van der Waals surface area contributed by atoms with E-state index in [2.05, 4.69) is 278 Å². The number of benzene rings is 14. The predicted octanol–water partition coefficient (Wildman–Crippen LogP) is 20.3. The summed E-state index contributed by atoms with van der Waals surface area (Å²) >= 11 is 0. The van der Waals surface area contributed by atoms with Gasteiger partial charge in [-0.05, 0) is 208 Å². The minimum absolute atomic E-state index is 0.102. The molecule has 0 bridgehead atoms. The topological polar surface area (TPSA) is 88.5 Å². The third-order valence-electron chi connectivity index (χ3n) is 22.0. The van der Waals surface area contributed by atoms with Crippen molar-refractivity contribution in [2.75, 3.05) is 0 Å². The van der Waals surface area contributed by atoms with Gasteiger partial charge in [0.25, 0.3) is 13.4 Å². The van der Waals surface area contributed by atoms with Gasteiger partial charge in [0, 0.05) is 68.4 Å². The molecule has 4 aromatic heterocycles. The molecule has 490 valence electrons. The highest BCUT2D eigenvalue weighted by atomic mass is 16.5. The molecule has 0 atom stereocenters. The normalized spacial score (nSPS) is 12.6. The average Bonchev–Trinajstić information content (AvgIpc) is 0.728. The van der Waals surface area contributed by atoms with Crippen molar-refractivity contribution in [2.24, 2.45) is 0 Å². The maximum Gasteiger partial charge on any atom is 0.260 e. The Kier molecular flexibility index (Phi) is 13.4. The number of pyridine rings is 4. The second-order valence-electron chi connectivity index (χ2n) is 27.9. The standard InChI is InChI=1S/C96H56B2N4O4/c1-3-11-83-70(8-1)48-71(55-101-83)61-22-18-57(19-23-61)65-35-40-87-79(50-65)97-80-51-66(36-41-88(80)104-92-15-6-14-91(103-87)95(92)97)58-20-24-62(25-21-58)72-49-78-73(10-5-13-85(78)102-56-72)69-34-39-77-75(45-47-100-86(77)54-69)64-32-28-60(29-33-64)68-38-43-90-82(53-68)98-81-52-67(37-42-89(81)105-93-16-7-17-94(106-90)96(93)98)59-26-30-63(31-27-59)74-44-46-99-84-12-4-2-9-76(74)84/h1-56H. The van der Waals surface area contributed by atoms with E-state index in [1.807, 2.05) is 67.3 Å². The third kappa shape index (κ3) is 9.86. The van der Waals surface area contributed by atoms with Gasteiger partial charge in [-0.15, -0.1) is 0 Å². The first-order valence-corrected chi connectivity index (χ1v) is 35.9. The summed E-state index contributed by atoms with van der Waals surface area (Å²) in [5, 5.41) is 4.41. The van der Waals surface area contributed by atoms with Gasteiger partial charge in [-0.2, -0.15) is 0 Å². The van der Waals surface area contributed by atoms with Crippen LogP contribution in [-0.4, -0.2) is 33.4 Å². The summed E-state index contributed by atoms with van der Waals surface area (Å²) in [5.41, 5.74) is 30.3. The molecule has 0 saturated heterocycles. The summed E-state index contributed by atoms with van der Waals surface area (Å²) in [5.74, 6) is 6.65. The highest BCUT2D eigenvalue weighted by molar-refractivity contribution is 6.99. The Balaban J connectivity index is 0.529. The van der Waals surface area contributed by atoms with Crippen LogP contribution in [0.2, 0.25) is 0 Å². The van der Waals surface area contributed by atoms with Crippen LogP contribution < -0.4 is 51.7 Å². The lowest BCUT2D eigenvalue weighted by Crippen LogP contribution is -2.57. The minimum Gasteiger partial charge on any atom is -0.458 e. The summed E-state index contributed by atoms with van der Waals surface area (Å²) in [7, 11) is 0. The first kappa shape index (κ1) is 59.7. The first-order chi connectivity index (χ1) is 52.4. The fraction of sp³-hybridized carbons (Fsp3) is 0. The van der Waals surface area contributed by atoms with Gasteiger partial charge < -0.3 is 18.9 Å². The number of hydrogen-bond acceptors (Lipinski definition) is 8. The number of rotatable bonds is 9. The van der Waals surface area contributed by atoms with E-state index in [1.165, 1.54) is 5.56 Å². The van der Waals surface area contributed by atoms with Crippen LogP contribution in [0.5, 0.6) is 46.0 Å². The van der Waals surface area contributed by atoms with Crippen LogP contribution in [0.15, 0.2) is 340 Å². The molecule has 4 aliphatic rings. The number of fused-ring (bicyclic) bond motifs is 12. The summed E-state index contributed by atoms with van der Waals surface area (Å²) in [4.78, 5) is 19.4. The van der Waals surface area contributed by atoms with E-state index >= 15 is 0 Å². The molecule has 8 nitrogen and oxygen atoms in total. The Morgan fingerprint density at radius 1 is 0.198 bits per heavy atom. The zero-order chi connectivity index (χ0) is 69.5. The van der Waals surface area contributed by atoms with Crippen molar-refractivity contribution in [3.63, 3.8) is 0 Å². The van der Waals surface area contributed by atoms with E-state index in [0.717, 1.165) is 217 Å². The molecule has 18 aromatic rings. The van der Waals surface area contributed by atoms with Crippen LogP contribution in [0, 0.1) is 0 Å². The summed E-state index contributed by atoms with van der Waals surface area (Å²) < 4.78 is 26.8.